The predicted octanol–water partition coefficient (Wildman–Crippen LogP) is 1.30. The normalized spacial score (nSPS) is 14.1. The van der Waals surface area contributed by atoms with Gasteiger partial charge in [-0.25, -0.2) is 4.79 Å². The summed E-state index contributed by atoms with van der Waals surface area (Å²) in [6.45, 7) is 1.22. The van der Waals surface area contributed by atoms with E-state index in [2.05, 4.69) is 0 Å². The number of carbonyl (C=O) groups is 2. The third-order valence-corrected chi connectivity index (χ3v) is 2.36. The lowest BCUT2D eigenvalue weighted by Gasteiger charge is -2.12. The second-order valence-corrected chi connectivity index (χ2v) is 3.42. The van der Waals surface area contributed by atoms with E-state index in [0.717, 1.165) is 5.06 Å². The largest absolute Gasteiger partial charge is 0.332 e. The zero-order valence-electron chi connectivity index (χ0n) is 7.89. The van der Waals surface area contributed by atoms with Gasteiger partial charge in [-0.15, -0.1) is 5.06 Å². The number of hydroxylamine groups is 2. The van der Waals surface area contributed by atoms with Crippen molar-refractivity contribution in [2.24, 2.45) is 0 Å². The second-order valence-electron chi connectivity index (χ2n) is 3.03. The molecule has 4 nitrogen and oxygen atoms in total. The molecule has 0 saturated heterocycles. The van der Waals surface area contributed by atoms with Crippen LogP contribution < -0.4 is 0 Å². The van der Waals surface area contributed by atoms with Crippen molar-refractivity contribution in [1.29, 1.82) is 0 Å². The van der Waals surface area contributed by atoms with Gasteiger partial charge < -0.3 is 4.84 Å². The van der Waals surface area contributed by atoms with Crippen molar-refractivity contribution in [3.63, 3.8) is 0 Å². The Morgan fingerprint density at radius 3 is 2.47 bits per heavy atom. The third-order valence-electron chi connectivity index (χ3n) is 1.98. The highest BCUT2D eigenvalue weighted by Crippen LogP contribution is 2.23. The first-order chi connectivity index (χ1) is 7.11. The van der Waals surface area contributed by atoms with E-state index >= 15 is 0 Å². The van der Waals surface area contributed by atoms with Crippen LogP contribution in [-0.4, -0.2) is 21.9 Å². The molecule has 0 aliphatic carbocycles. The standard InChI is InChI=1S/C10H7NO3S/c1-6(12)14-11-9(13)7-4-2-3-5-8(7)10(11)15/h2-5H,1H3. The van der Waals surface area contributed by atoms with Crippen LogP contribution in [0.15, 0.2) is 24.3 Å². The van der Waals surface area contributed by atoms with Crippen LogP contribution in [0.5, 0.6) is 0 Å². The summed E-state index contributed by atoms with van der Waals surface area (Å²) in [6, 6.07) is 6.87. The Kier molecular flexibility index (Phi) is 2.24. The molecule has 0 N–H and O–H groups in total. The molecule has 0 unspecified atom stereocenters. The first-order valence-corrected chi connectivity index (χ1v) is 4.68. The highest BCUT2D eigenvalue weighted by Gasteiger charge is 2.34. The number of fused-ring (bicyclic) bond motifs is 1. The zero-order chi connectivity index (χ0) is 11.0. The molecule has 1 heterocycles. The third kappa shape index (κ3) is 1.50. The summed E-state index contributed by atoms with van der Waals surface area (Å²) in [5.74, 6) is -0.968. The quantitative estimate of drug-likeness (QED) is 0.670. The van der Waals surface area contributed by atoms with Gasteiger partial charge in [0.25, 0.3) is 5.91 Å². The minimum atomic E-state index is -0.571. The maximum atomic E-state index is 11.7. The van der Waals surface area contributed by atoms with E-state index in [9.17, 15) is 9.59 Å². The zero-order valence-corrected chi connectivity index (χ0v) is 8.71. The van der Waals surface area contributed by atoms with Gasteiger partial charge in [0.2, 0.25) is 0 Å². The summed E-state index contributed by atoms with van der Waals surface area (Å²) >= 11 is 5.02. The minimum absolute atomic E-state index is 0.228. The molecular weight excluding hydrogens is 214 g/mol. The average Bonchev–Trinajstić information content (AvgIpc) is 2.44. The Hall–Kier alpha value is -1.75. The van der Waals surface area contributed by atoms with Crippen LogP contribution in [0.2, 0.25) is 0 Å². The van der Waals surface area contributed by atoms with Gasteiger partial charge >= 0.3 is 5.97 Å². The van der Waals surface area contributed by atoms with Gasteiger partial charge in [0, 0.05) is 12.5 Å². The highest BCUT2D eigenvalue weighted by molar-refractivity contribution is 7.80. The topological polar surface area (TPSA) is 46.6 Å². The van der Waals surface area contributed by atoms with E-state index in [1.807, 2.05) is 0 Å². The number of carbonyl (C=O) groups excluding carboxylic acids is 2. The Bertz CT molecular complexity index is 434. The molecule has 76 valence electrons. The molecule has 2 rings (SSSR count). The Morgan fingerprint density at radius 1 is 1.33 bits per heavy atom. The molecule has 0 spiro atoms. The Balaban J connectivity index is 2.41. The smallest absolute Gasteiger partial charge is 0.330 e. The predicted molar refractivity (Wildman–Crippen MR) is 56.1 cm³/mol. The number of benzene rings is 1. The minimum Gasteiger partial charge on any atom is -0.332 e. The van der Waals surface area contributed by atoms with Crippen molar-refractivity contribution < 1.29 is 14.4 Å². The fourth-order valence-electron chi connectivity index (χ4n) is 1.38. The fraction of sp³-hybridized carbons (Fsp3) is 0.100. The van der Waals surface area contributed by atoms with Crippen molar-refractivity contribution in [1.82, 2.24) is 5.06 Å². The molecule has 1 amide bonds. The number of nitrogens with zero attached hydrogens (tertiary/aromatic N) is 1. The van der Waals surface area contributed by atoms with Crippen LogP contribution in [0.3, 0.4) is 0 Å². The molecular formula is C10H7NO3S. The summed E-state index contributed by atoms with van der Waals surface area (Å²) in [6.07, 6.45) is 0. The van der Waals surface area contributed by atoms with E-state index in [1.54, 1.807) is 24.3 Å². The summed E-state index contributed by atoms with van der Waals surface area (Å²) in [5, 5.41) is 0.850. The van der Waals surface area contributed by atoms with E-state index < -0.39 is 11.9 Å². The van der Waals surface area contributed by atoms with Gasteiger partial charge in [0.15, 0.2) is 4.99 Å². The van der Waals surface area contributed by atoms with Gasteiger partial charge in [-0.2, -0.15) is 0 Å². The lowest BCUT2D eigenvalue weighted by molar-refractivity contribution is -0.161. The highest BCUT2D eigenvalue weighted by atomic mass is 32.1. The average molecular weight is 221 g/mol. The molecule has 0 atom stereocenters. The van der Waals surface area contributed by atoms with Crippen LogP contribution in [0.4, 0.5) is 0 Å². The number of hydrogen-bond acceptors (Lipinski definition) is 4. The molecule has 1 aliphatic rings. The maximum absolute atomic E-state index is 11.7. The molecule has 0 bridgehead atoms. The molecule has 5 heteroatoms. The molecule has 1 aliphatic heterocycles. The van der Waals surface area contributed by atoms with E-state index in [-0.39, 0.29) is 4.99 Å². The number of thiocarbonyl (C=S) groups is 1. The lowest BCUT2D eigenvalue weighted by Crippen LogP contribution is -2.31. The van der Waals surface area contributed by atoms with Crippen molar-refractivity contribution in [2.75, 3.05) is 0 Å². The molecule has 15 heavy (non-hydrogen) atoms. The van der Waals surface area contributed by atoms with Crippen LogP contribution in [-0.2, 0) is 9.63 Å². The number of hydrogen-bond donors (Lipinski definition) is 0. The molecule has 1 aromatic rings. The van der Waals surface area contributed by atoms with Crippen molar-refractivity contribution in [3.8, 4) is 0 Å². The van der Waals surface area contributed by atoms with Gasteiger partial charge in [-0.05, 0) is 6.07 Å². The first-order valence-electron chi connectivity index (χ1n) is 4.27. The molecule has 0 saturated carbocycles. The van der Waals surface area contributed by atoms with Crippen molar-refractivity contribution in [2.45, 2.75) is 6.92 Å². The number of amides is 1. The van der Waals surface area contributed by atoms with E-state index in [0.29, 0.717) is 11.1 Å². The Labute approximate surface area is 91.4 Å². The summed E-state index contributed by atoms with van der Waals surface area (Å²) < 4.78 is 0. The Morgan fingerprint density at radius 2 is 1.93 bits per heavy atom. The van der Waals surface area contributed by atoms with Gasteiger partial charge in [0.1, 0.15) is 0 Å². The van der Waals surface area contributed by atoms with Gasteiger partial charge in [0.05, 0.1) is 5.56 Å². The summed E-state index contributed by atoms with van der Waals surface area (Å²) in [4.78, 5) is 27.4. The van der Waals surface area contributed by atoms with Crippen LogP contribution in [0, 0.1) is 0 Å². The first kappa shape index (κ1) is 9.79. The van der Waals surface area contributed by atoms with Crippen LogP contribution in [0.25, 0.3) is 0 Å². The molecule has 0 radical (unpaired) electrons. The van der Waals surface area contributed by atoms with Crippen molar-refractivity contribution >= 4 is 29.1 Å². The molecule has 0 fully saturated rings. The van der Waals surface area contributed by atoms with Crippen LogP contribution in [0.1, 0.15) is 22.8 Å². The summed E-state index contributed by atoms with van der Waals surface area (Å²) in [5.41, 5.74) is 1.09. The van der Waals surface area contributed by atoms with E-state index in [4.69, 9.17) is 17.1 Å². The van der Waals surface area contributed by atoms with Gasteiger partial charge in [-0.1, -0.05) is 30.4 Å². The molecule has 1 aromatic carbocycles. The SMILES string of the molecule is CC(=O)ON1C(=O)c2ccccc2C1=S. The van der Waals surface area contributed by atoms with Crippen LogP contribution >= 0.6 is 12.2 Å². The maximum Gasteiger partial charge on any atom is 0.330 e. The van der Waals surface area contributed by atoms with E-state index in [1.165, 1.54) is 6.92 Å². The van der Waals surface area contributed by atoms with Gasteiger partial charge in [-0.3, -0.25) is 4.79 Å². The molecule has 0 aromatic heterocycles. The fourth-order valence-corrected chi connectivity index (χ4v) is 1.68. The second kappa shape index (κ2) is 3.43. The lowest BCUT2D eigenvalue weighted by atomic mass is 10.1. The monoisotopic (exact) mass is 221 g/mol. The number of rotatable bonds is 1. The summed E-state index contributed by atoms with van der Waals surface area (Å²) in [7, 11) is 0. The van der Waals surface area contributed by atoms with Crippen molar-refractivity contribution in [3.05, 3.63) is 35.4 Å².